The Labute approximate surface area is 102 Å². The van der Waals surface area contributed by atoms with E-state index in [-0.39, 0.29) is 11.3 Å². The third kappa shape index (κ3) is 2.28. The molecule has 0 saturated carbocycles. The summed E-state index contributed by atoms with van der Waals surface area (Å²) in [6, 6.07) is 0. The summed E-state index contributed by atoms with van der Waals surface area (Å²) in [7, 11) is 1.75. The first-order valence-electron chi connectivity index (χ1n) is 5.97. The number of likely N-dealkylation sites (tertiary alicyclic amines) is 1. The molecule has 2 N–H and O–H groups in total. The maximum absolute atomic E-state index is 12.4. The van der Waals surface area contributed by atoms with Gasteiger partial charge in [0, 0.05) is 20.1 Å². The van der Waals surface area contributed by atoms with Crippen molar-refractivity contribution >= 4 is 11.6 Å². The van der Waals surface area contributed by atoms with Crippen LogP contribution in [0.5, 0.6) is 0 Å². The summed E-state index contributed by atoms with van der Waals surface area (Å²) in [5, 5.41) is 4.01. The number of anilines is 1. The first-order valence-corrected chi connectivity index (χ1v) is 5.97. The number of aromatic nitrogens is 2. The van der Waals surface area contributed by atoms with Crippen molar-refractivity contribution in [2.45, 2.75) is 26.7 Å². The van der Waals surface area contributed by atoms with Gasteiger partial charge in [-0.25, -0.2) is 0 Å². The summed E-state index contributed by atoms with van der Waals surface area (Å²) in [6.07, 6.45) is 3.75. The molecule has 1 aliphatic rings. The second-order valence-corrected chi connectivity index (χ2v) is 5.57. The van der Waals surface area contributed by atoms with Gasteiger partial charge in [0.2, 0.25) is 0 Å². The number of hydrogen-bond donors (Lipinski definition) is 1. The lowest BCUT2D eigenvalue weighted by molar-refractivity contribution is 0.0573. The van der Waals surface area contributed by atoms with Crippen LogP contribution in [-0.2, 0) is 7.05 Å². The Morgan fingerprint density at radius 3 is 2.76 bits per heavy atom. The number of rotatable bonds is 1. The van der Waals surface area contributed by atoms with Gasteiger partial charge in [0.25, 0.3) is 5.91 Å². The SMILES string of the molecule is Cn1ncc(N)c1C(=O)N1CCCC(C)(C)C1. The van der Waals surface area contributed by atoms with Crippen molar-refractivity contribution in [3.63, 3.8) is 0 Å². The maximum Gasteiger partial charge on any atom is 0.274 e. The van der Waals surface area contributed by atoms with Crippen molar-refractivity contribution in [2.24, 2.45) is 12.5 Å². The van der Waals surface area contributed by atoms with Crippen molar-refractivity contribution in [1.29, 1.82) is 0 Å². The Morgan fingerprint density at radius 2 is 2.24 bits per heavy atom. The summed E-state index contributed by atoms with van der Waals surface area (Å²) in [5.74, 6) is -0.00437. The summed E-state index contributed by atoms with van der Waals surface area (Å²) in [4.78, 5) is 14.3. The summed E-state index contributed by atoms with van der Waals surface area (Å²) >= 11 is 0. The largest absolute Gasteiger partial charge is 0.396 e. The maximum atomic E-state index is 12.4. The number of carbonyl (C=O) groups is 1. The molecule has 0 aliphatic carbocycles. The summed E-state index contributed by atoms with van der Waals surface area (Å²) in [5.41, 5.74) is 6.94. The molecule has 2 rings (SSSR count). The highest BCUT2D eigenvalue weighted by Crippen LogP contribution is 2.29. The molecule has 1 aliphatic heterocycles. The Balaban J connectivity index is 2.21. The molecule has 5 nitrogen and oxygen atoms in total. The van der Waals surface area contributed by atoms with Gasteiger partial charge in [0.1, 0.15) is 5.69 Å². The van der Waals surface area contributed by atoms with Crippen molar-refractivity contribution in [2.75, 3.05) is 18.8 Å². The van der Waals surface area contributed by atoms with Gasteiger partial charge < -0.3 is 10.6 Å². The van der Waals surface area contributed by atoms with Crippen LogP contribution in [0.1, 0.15) is 37.2 Å². The average molecular weight is 236 g/mol. The third-order valence-corrected chi connectivity index (χ3v) is 3.36. The van der Waals surface area contributed by atoms with Crippen LogP contribution in [0, 0.1) is 5.41 Å². The van der Waals surface area contributed by atoms with Gasteiger partial charge in [-0.15, -0.1) is 0 Å². The standard InChI is InChI=1S/C12H20N4O/c1-12(2)5-4-6-16(8-12)11(17)10-9(13)7-14-15(10)3/h7H,4-6,8,13H2,1-3H3. The smallest absolute Gasteiger partial charge is 0.274 e. The number of piperidine rings is 1. The predicted molar refractivity (Wildman–Crippen MR) is 66.5 cm³/mol. The van der Waals surface area contributed by atoms with Gasteiger partial charge in [-0.3, -0.25) is 9.48 Å². The molecular formula is C12H20N4O. The fourth-order valence-corrected chi connectivity index (χ4v) is 2.46. The molecule has 0 spiro atoms. The zero-order valence-electron chi connectivity index (χ0n) is 10.7. The van der Waals surface area contributed by atoms with E-state index >= 15 is 0 Å². The van der Waals surface area contributed by atoms with E-state index in [4.69, 9.17) is 5.73 Å². The lowest BCUT2D eigenvalue weighted by Crippen LogP contribution is -2.44. The van der Waals surface area contributed by atoms with Gasteiger partial charge in [0.15, 0.2) is 0 Å². The van der Waals surface area contributed by atoms with Crippen LogP contribution in [0.4, 0.5) is 5.69 Å². The molecule has 0 atom stereocenters. The minimum atomic E-state index is -0.00437. The van der Waals surface area contributed by atoms with E-state index in [0.29, 0.717) is 11.4 Å². The molecule has 0 aromatic carbocycles. The normalized spacial score (nSPS) is 19.4. The monoisotopic (exact) mass is 236 g/mol. The van der Waals surface area contributed by atoms with Gasteiger partial charge in [0.05, 0.1) is 11.9 Å². The zero-order valence-corrected chi connectivity index (χ0v) is 10.7. The quantitative estimate of drug-likeness (QED) is 0.798. The van der Waals surface area contributed by atoms with E-state index in [9.17, 15) is 4.79 Å². The number of amides is 1. The molecule has 1 saturated heterocycles. The first kappa shape index (κ1) is 12.0. The van der Waals surface area contributed by atoms with Crippen molar-refractivity contribution in [3.05, 3.63) is 11.9 Å². The Hall–Kier alpha value is -1.52. The minimum Gasteiger partial charge on any atom is -0.396 e. The molecule has 5 heteroatoms. The number of carbonyl (C=O) groups excluding carboxylic acids is 1. The Morgan fingerprint density at radius 1 is 1.53 bits per heavy atom. The van der Waals surface area contributed by atoms with Crippen molar-refractivity contribution in [1.82, 2.24) is 14.7 Å². The van der Waals surface area contributed by atoms with E-state index in [1.165, 1.54) is 6.20 Å². The zero-order chi connectivity index (χ0) is 12.6. The molecule has 1 amide bonds. The second kappa shape index (κ2) is 4.05. The molecule has 17 heavy (non-hydrogen) atoms. The van der Waals surface area contributed by atoms with E-state index in [1.807, 2.05) is 4.90 Å². The molecule has 1 aromatic heterocycles. The third-order valence-electron chi connectivity index (χ3n) is 3.36. The molecule has 1 fully saturated rings. The molecule has 0 radical (unpaired) electrons. The molecule has 94 valence electrons. The highest BCUT2D eigenvalue weighted by Gasteiger charge is 2.31. The fourth-order valence-electron chi connectivity index (χ4n) is 2.46. The van der Waals surface area contributed by atoms with Gasteiger partial charge in [-0.1, -0.05) is 13.8 Å². The number of hydrogen-bond acceptors (Lipinski definition) is 3. The van der Waals surface area contributed by atoms with Crippen LogP contribution >= 0.6 is 0 Å². The molecule has 1 aromatic rings. The Kier molecular flexibility index (Phi) is 2.85. The van der Waals surface area contributed by atoms with Gasteiger partial charge in [-0.2, -0.15) is 5.10 Å². The van der Waals surface area contributed by atoms with Crippen molar-refractivity contribution in [3.8, 4) is 0 Å². The van der Waals surface area contributed by atoms with Crippen LogP contribution in [-0.4, -0.2) is 33.7 Å². The summed E-state index contributed by atoms with van der Waals surface area (Å²) in [6.45, 7) is 5.99. The molecule has 0 bridgehead atoms. The van der Waals surface area contributed by atoms with E-state index in [0.717, 1.165) is 25.9 Å². The highest BCUT2D eigenvalue weighted by molar-refractivity contribution is 5.97. The Bertz CT molecular complexity index is 416. The van der Waals surface area contributed by atoms with Crippen LogP contribution in [0.3, 0.4) is 0 Å². The van der Waals surface area contributed by atoms with Crippen LogP contribution < -0.4 is 5.73 Å². The molecule has 0 unspecified atom stereocenters. The number of nitrogens with zero attached hydrogens (tertiary/aromatic N) is 3. The topological polar surface area (TPSA) is 64.2 Å². The van der Waals surface area contributed by atoms with Crippen LogP contribution in [0.25, 0.3) is 0 Å². The average Bonchev–Trinajstić information content (AvgIpc) is 2.56. The predicted octanol–water partition coefficient (Wildman–Crippen LogP) is 1.26. The van der Waals surface area contributed by atoms with E-state index in [2.05, 4.69) is 18.9 Å². The second-order valence-electron chi connectivity index (χ2n) is 5.57. The van der Waals surface area contributed by atoms with Gasteiger partial charge >= 0.3 is 0 Å². The first-order chi connectivity index (χ1) is 7.91. The molecule has 2 heterocycles. The lowest BCUT2D eigenvalue weighted by Gasteiger charge is -2.38. The molecular weight excluding hydrogens is 216 g/mol. The van der Waals surface area contributed by atoms with Crippen LogP contribution in [0.2, 0.25) is 0 Å². The van der Waals surface area contributed by atoms with Crippen LogP contribution in [0.15, 0.2) is 6.20 Å². The number of nitrogen functional groups attached to an aromatic ring is 1. The highest BCUT2D eigenvalue weighted by atomic mass is 16.2. The lowest BCUT2D eigenvalue weighted by atomic mass is 9.84. The van der Waals surface area contributed by atoms with Gasteiger partial charge in [-0.05, 0) is 18.3 Å². The number of aryl methyl sites for hydroxylation is 1. The van der Waals surface area contributed by atoms with Crippen molar-refractivity contribution < 1.29 is 4.79 Å². The van der Waals surface area contributed by atoms with E-state index in [1.54, 1.807) is 11.7 Å². The fraction of sp³-hybridized carbons (Fsp3) is 0.667. The summed E-state index contributed by atoms with van der Waals surface area (Å²) < 4.78 is 1.55. The number of nitrogens with two attached hydrogens (primary N) is 1. The van der Waals surface area contributed by atoms with E-state index < -0.39 is 0 Å². The minimum absolute atomic E-state index is 0.00437.